The van der Waals surface area contributed by atoms with Crippen molar-refractivity contribution >= 4 is 11.9 Å². The van der Waals surface area contributed by atoms with Gasteiger partial charge < -0.3 is 15.4 Å². The molecule has 7 nitrogen and oxygen atoms in total. The van der Waals surface area contributed by atoms with Crippen LogP contribution in [0.25, 0.3) is 11.1 Å². The maximum absolute atomic E-state index is 13.0. The molecular formula is C24H27N5O2. The molecule has 0 aliphatic carbocycles. The Kier molecular flexibility index (Phi) is 5.84. The Morgan fingerprint density at radius 3 is 2.48 bits per heavy atom. The second-order valence-corrected chi connectivity index (χ2v) is 7.99. The quantitative estimate of drug-likeness (QED) is 0.694. The normalized spacial score (nSPS) is 16.2. The maximum atomic E-state index is 13.0. The van der Waals surface area contributed by atoms with E-state index in [2.05, 4.69) is 34.2 Å². The van der Waals surface area contributed by atoms with Crippen LogP contribution in [0.1, 0.15) is 46.3 Å². The number of nitrogen functional groups attached to an aromatic ring is 1. The van der Waals surface area contributed by atoms with E-state index in [4.69, 9.17) is 15.5 Å². The van der Waals surface area contributed by atoms with E-state index in [1.807, 2.05) is 30.9 Å². The zero-order valence-corrected chi connectivity index (χ0v) is 18.1. The molecule has 1 amide bonds. The van der Waals surface area contributed by atoms with Crippen molar-refractivity contribution in [2.24, 2.45) is 0 Å². The molecule has 1 fully saturated rings. The van der Waals surface area contributed by atoms with Gasteiger partial charge in [0.05, 0.1) is 7.11 Å². The van der Waals surface area contributed by atoms with Gasteiger partial charge in [0.25, 0.3) is 5.91 Å². The van der Waals surface area contributed by atoms with Crippen LogP contribution in [0.15, 0.2) is 42.5 Å². The summed E-state index contributed by atoms with van der Waals surface area (Å²) in [5.74, 6) is 1.03. The Morgan fingerprint density at radius 2 is 1.77 bits per heavy atom. The van der Waals surface area contributed by atoms with Crippen molar-refractivity contribution in [1.29, 1.82) is 0 Å². The first-order valence-electron chi connectivity index (χ1n) is 10.5. The number of aryl methyl sites for hydroxylation is 2. The van der Waals surface area contributed by atoms with Crippen LogP contribution in [0, 0.1) is 13.8 Å². The van der Waals surface area contributed by atoms with Gasteiger partial charge in [-0.15, -0.1) is 0 Å². The zero-order chi connectivity index (χ0) is 22.0. The Bertz CT molecular complexity index is 1080. The summed E-state index contributed by atoms with van der Waals surface area (Å²) in [6.07, 6.45) is 1.91. The van der Waals surface area contributed by atoms with Gasteiger partial charge in [-0.1, -0.05) is 12.1 Å². The molecule has 0 spiro atoms. The monoisotopic (exact) mass is 417 g/mol. The fourth-order valence-corrected chi connectivity index (χ4v) is 4.12. The Labute approximate surface area is 182 Å². The molecule has 2 N–H and O–H groups in total. The third-order valence-electron chi connectivity index (χ3n) is 5.61. The number of amides is 1. The second kappa shape index (κ2) is 8.71. The van der Waals surface area contributed by atoms with Crippen LogP contribution in [-0.4, -0.2) is 46.0 Å². The third-order valence-corrected chi connectivity index (χ3v) is 5.61. The van der Waals surface area contributed by atoms with Gasteiger partial charge in [0, 0.05) is 36.1 Å². The van der Waals surface area contributed by atoms with E-state index in [9.17, 15) is 4.79 Å². The van der Waals surface area contributed by atoms with Crippen LogP contribution >= 0.6 is 0 Å². The number of nitrogens with zero attached hydrogens (tertiary/aromatic N) is 4. The SMILES string of the molecule is COc1ccc(-c2cc(C)nc(C3CCCN(C(=O)c4cc(C)nc(N)n4)C3)c2)cc1. The Hall–Kier alpha value is -3.48. The molecule has 1 atom stereocenters. The Balaban J connectivity index is 1.57. The largest absolute Gasteiger partial charge is 0.497 e. The summed E-state index contributed by atoms with van der Waals surface area (Å²) in [4.78, 5) is 27.9. The average Bonchev–Trinajstić information content (AvgIpc) is 2.77. The number of anilines is 1. The molecule has 4 rings (SSSR count). The maximum Gasteiger partial charge on any atom is 0.272 e. The van der Waals surface area contributed by atoms with Crippen LogP contribution in [0.4, 0.5) is 5.95 Å². The highest BCUT2D eigenvalue weighted by molar-refractivity contribution is 5.92. The first-order valence-corrected chi connectivity index (χ1v) is 10.5. The van der Waals surface area contributed by atoms with Crippen LogP contribution in [0.3, 0.4) is 0 Å². The van der Waals surface area contributed by atoms with E-state index in [0.29, 0.717) is 24.5 Å². The highest BCUT2D eigenvalue weighted by Gasteiger charge is 2.27. The lowest BCUT2D eigenvalue weighted by Gasteiger charge is -2.32. The number of nitrogens with two attached hydrogens (primary N) is 1. The van der Waals surface area contributed by atoms with Crippen LogP contribution in [0.5, 0.6) is 5.75 Å². The fraction of sp³-hybridized carbons (Fsp3) is 0.333. The topological polar surface area (TPSA) is 94.2 Å². The van der Waals surface area contributed by atoms with Crippen molar-refractivity contribution < 1.29 is 9.53 Å². The zero-order valence-electron chi connectivity index (χ0n) is 18.1. The number of methoxy groups -OCH3 is 1. The first-order chi connectivity index (χ1) is 14.9. The second-order valence-electron chi connectivity index (χ2n) is 7.99. The van der Waals surface area contributed by atoms with Crippen LogP contribution in [-0.2, 0) is 0 Å². The molecule has 1 aliphatic heterocycles. The summed E-state index contributed by atoms with van der Waals surface area (Å²) in [5, 5.41) is 0. The number of ether oxygens (including phenoxy) is 1. The van der Waals surface area contributed by atoms with E-state index < -0.39 is 0 Å². The molecule has 1 saturated heterocycles. The van der Waals surface area contributed by atoms with Gasteiger partial charge in [0.15, 0.2) is 0 Å². The highest BCUT2D eigenvalue weighted by Crippen LogP contribution is 2.30. The predicted molar refractivity (Wildman–Crippen MR) is 120 cm³/mol. The summed E-state index contributed by atoms with van der Waals surface area (Å²) >= 11 is 0. The van der Waals surface area contributed by atoms with E-state index >= 15 is 0 Å². The summed E-state index contributed by atoms with van der Waals surface area (Å²) < 4.78 is 5.27. The van der Waals surface area contributed by atoms with Crippen molar-refractivity contribution in [2.75, 3.05) is 25.9 Å². The van der Waals surface area contributed by atoms with Crippen molar-refractivity contribution in [1.82, 2.24) is 19.9 Å². The minimum atomic E-state index is -0.107. The van der Waals surface area contributed by atoms with Crippen molar-refractivity contribution in [2.45, 2.75) is 32.6 Å². The molecule has 0 bridgehead atoms. The molecule has 31 heavy (non-hydrogen) atoms. The van der Waals surface area contributed by atoms with Gasteiger partial charge in [0.2, 0.25) is 5.95 Å². The number of rotatable bonds is 4. The van der Waals surface area contributed by atoms with Crippen LogP contribution in [0.2, 0.25) is 0 Å². The molecule has 160 valence electrons. The van der Waals surface area contributed by atoms with E-state index in [1.165, 1.54) is 0 Å². The molecule has 1 aromatic carbocycles. The molecule has 7 heteroatoms. The predicted octanol–water partition coefficient (Wildman–Crippen LogP) is 3.77. The number of pyridine rings is 1. The van der Waals surface area contributed by atoms with Gasteiger partial charge in [-0.3, -0.25) is 9.78 Å². The highest BCUT2D eigenvalue weighted by atomic mass is 16.5. The number of hydrogen-bond donors (Lipinski definition) is 1. The van der Waals surface area contributed by atoms with Gasteiger partial charge in [-0.25, -0.2) is 9.97 Å². The van der Waals surface area contributed by atoms with E-state index in [0.717, 1.165) is 41.1 Å². The number of benzene rings is 1. The number of carbonyl (C=O) groups excluding carboxylic acids is 1. The van der Waals surface area contributed by atoms with Gasteiger partial charge >= 0.3 is 0 Å². The fourth-order valence-electron chi connectivity index (χ4n) is 4.12. The van der Waals surface area contributed by atoms with E-state index in [-0.39, 0.29) is 17.8 Å². The Morgan fingerprint density at radius 1 is 1.03 bits per heavy atom. The van der Waals surface area contributed by atoms with Crippen LogP contribution < -0.4 is 10.5 Å². The molecule has 1 aliphatic rings. The number of likely N-dealkylation sites (tertiary alicyclic amines) is 1. The lowest BCUT2D eigenvalue weighted by molar-refractivity contribution is 0.0699. The minimum Gasteiger partial charge on any atom is -0.497 e. The summed E-state index contributed by atoms with van der Waals surface area (Å²) in [7, 11) is 1.66. The lowest BCUT2D eigenvalue weighted by Crippen LogP contribution is -2.39. The molecule has 0 radical (unpaired) electrons. The summed E-state index contributed by atoms with van der Waals surface area (Å²) in [6.45, 7) is 5.13. The molecule has 3 heterocycles. The molecule has 2 aromatic heterocycles. The summed E-state index contributed by atoms with van der Waals surface area (Å²) in [5.41, 5.74) is 11.0. The molecule has 1 unspecified atom stereocenters. The first kappa shape index (κ1) is 20.8. The molecule has 3 aromatic rings. The van der Waals surface area contributed by atoms with Gasteiger partial charge in [-0.2, -0.15) is 0 Å². The van der Waals surface area contributed by atoms with E-state index in [1.54, 1.807) is 13.2 Å². The summed E-state index contributed by atoms with van der Waals surface area (Å²) in [6, 6.07) is 13.9. The smallest absolute Gasteiger partial charge is 0.272 e. The third kappa shape index (κ3) is 4.66. The van der Waals surface area contributed by atoms with Crippen molar-refractivity contribution in [3.63, 3.8) is 0 Å². The average molecular weight is 418 g/mol. The van der Waals surface area contributed by atoms with Gasteiger partial charge in [0.1, 0.15) is 11.4 Å². The lowest BCUT2D eigenvalue weighted by atomic mass is 9.92. The van der Waals surface area contributed by atoms with Crippen molar-refractivity contribution in [3.05, 3.63) is 65.2 Å². The number of hydrogen-bond acceptors (Lipinski definition) is 6. The minimum absolute atomic E-state index is 0.107. The van der Waals surface area contributed by atoms with Crippen molar-refractivity contribution in [3.8, 4) is 16.9 Å². The molecular weight excluding hydrogens is 390 g/mol. The standard InChI is InChI=1S/C24H27N5O2/c1-15-11-19(17-6-8-20(31-3)9-7-17)13-21(26-15)18-5-4-10-29(14-18)23(30)22-12-16(2)27-24(25)28-22/h6-9,11-13,18H,4-5,10,14H2,1-3H3,(H2,25,27,28). The number of carbonyl (C=O) groups is 1. The number of piperidine rings is 1. The van der Waals surface area contributed by atoms with Gasteiger partial charge in [-0.05, 0) is 68.1 Å². The molecule has 0 saturated carbocycles. The number of aromatic nitrogens is 3.